The van der Waals surface area contributed by atoms with Crippen LogP contribution in [0.1, 0.15) is 35.4 Å². The summed E-state index contributed by atoms with van der Waals surface area (Å²) in [5.74, 6) is 1.41. The lowest BCUT2D eigenvalue weighted by Crippen LogP contribution is -2.25. The largest absolute Gasteiger partial charge is 0.497 e. The van der Waals surface area contributed by atoms with Crippen LogP contribution < -0.4 is 9.64 Å². The van der Waals surface area contributed by atoms with Crippen molar-refractivity contribution in [1.29, 1.82) is 0 Å². The normalized spacial score (nSPS) is 13.5. The van der Waals surface area contributed by atoms with Crippen molar-refractivity contribution in [2.24, 2.45) is 0 Å². The van der Waals surface area contributed by atoms with E-state index in [4.69, 9.17) is 9.15 Å². The van der Waals surface area contributed by atoms with Crippen LogP contribution in [0.4, 0.5) is 10.1 Å². The van der Waals surface area contributed by atoms with E-state index in [2.05, 4.69) is 13.0 Å². The van der Waals surface area contributed by atoms with Crippen molar-refractivity contribution in [1.82, 2.24) is 0 Å². The van der Waals surface area contributed by atoms with E-state index in [0.717, 1.165) is 51.9 Å². The number of thiol groups is 1. The highest BCUT2D eigenvalue weighted by atomic mass is 32.2. The van der Waals surface area contributed by atoms with Gasteiger partial charge in [-0.25, -0.2) is 12.8 Å². The molecular weight excluding hydrogens is 465 g/mol. The van der Waals surface area contributed by atoms with Gasteiger partial charge in [-0.1, -0.05) is 12.1 Å². The zero-order valence-electron chi connectivity index (χ0n) is 19.5. The van der Waals surface area contributed by atoms with Gasteiger partial charge in [0.25, 0.3) is 0 Å². The number of hydrogen-bond donors (Lipinski definition) is 1. The Hall–Kier alpha value is -3.32. The summed E-state index contributed by atoms with van der Waals surface area (Å²) in [6, 6.07) is 18.0. The van der Waals surface area contributed by atoms with Gasteiger partial charge in [0.15, 0.2) is 10.7 Å². The fraction of sp³-hybridized carbons (Fsp3) is 0.250. The Morgan fingerprint density at radius 1 is 1.09 bits per heavy atom. The predicted molar refractivity (Wildman–Crippen MR) is 137 cm³/mol. The van der Waals surface area contributed by atoms with E-state index in [1.165, 1.54) is 12.1 Å². The third-order valence-corrected chi connectivity index (χ3v) is 7.05. The molecule has 35 heavy (non-hydrogen) atoms. The second kappa shape index (κ2) is 9.74. The Bertz CT molecular complexity index is 1410. The number of halogens is 1. The quantitative estimate of drug-likeness (QED) is 0.287. The maximum absolute atomic E-state index is 13.5. The Kier molecular flexibility index (Phi) is 6.52. The molecule has 0 atom stereocenters. The Balaban J connectivity index is 1.62. The van der Waals surface area contributed by atoms with Crippen LogP contribution in [0.5, 0.6) is 5.75 Å². The number of hydrogen-bond acceptors (Lipinski definition) is 5. The molecule has 1 heterocycles. The molecule has 0 amide bonds. The van der Waals surface area contributed by atoms with Crippen LogP contribution in [0.3, 0.4) is 0 Å². The third kappa shape index (κ3) is 4.91. The summed E-state index contributed by atoms with van der Waals surface area (Å²) in [6.45, 7) is 4.54. The van der Waals surface area contributed by atoms with E-state index < -0.39 is 10.7 Å². The van der Waals surface area contributed by atoms with E-state index in [9.17, 15) is 12.8 Å². The van der Waals surface area contributed by atoms with Crippen LogP contribution in [-0.4, -0.2) is 21.4 Å². The first-order valence-electron chi connectivity index (χ1n) is 11.6. The van der Waals surface area contributed by atoms with E-state index >= 15 is 0 Å². The van der Waals surface area contributed by atoms with Crippen molar-refractivity contribution in [3.63, 3.8) is 0 Å². The van der Waals surface area contributed by atoms with E-state index in [0.29, 0.717) is 30.2 Å². The van der Waals surface area contributed by atoms with Crippen molar-refractivity contribution >= 4 is 27.4 Å². The molecule has 0 spiro atoms. The first kappa shape index (κ1) is 23.4. The number of furan rings is 1. The lowest BCUT2D eigenvalue weighted by Gasteiger charge is -2.25. The maximum Gasteiger partial charge on any atom is 0.158 e. The van der Waals surface area contributed by atoms with Crippen LogP contribution in [0, 0.1) is 12.7 Å². The molecule has 0 bridgehead atoms. The molecule has 181 valence electrons. The molecule has 1 fully saturated rings. The van der Waals surface area contributed by atoms with Crippen LogP contribution >= 0.6 is 0 Å². The Morgan fingerprint density at radius 2 is 1.80 bits per heavy atom. The molecule has 1 radical (unpaired) electrons. The minimum absolute atomic E-state index is 0.0969. The standard InChI is InChI=1S/C28H27FNO4S/c1-3-23-25-14-24(19-6-7-19)26(15-27(25)34-28(23)20-8-10-21(29)11-9-20)30(17-35(31)32)16-18-4-12-22(33-2)13-5-18/h4-5,8-15,19,35H,1,3,6-7,16-17H2,2H3. The average molecular weight is 493 g/mol. The summed E-state index contributed by atoms with van der Waals surface area (Å²) < 4.78 is 48.8. The maximum atomic E-state index is 13.5. The minimum atomic E-state index is -2.64. The smallest absolute Gasteiger partial charge is 0.158 e. The fourth-order valence-electron chi connectivity index (χ4n) is 4.58. The number of rotatable bonds is 9. The molecule has 0 N–H and O–H groups in total. The average Bonchev–Trinajstić information content (AvgIpc) is 3.64. The van der Waals surface area contributed by atoms with E-state index in [1.54, 1.807) is 19.2 Å². The van der Waals surface area contributed by atoms with Crippen LogP contribution in [0.25, 0.3) is 22.3 Å². The first-order chi connectivity index (χ1) is 17.0. The Labute approximate surface area is 206 Å². The molecule has 1 saturated carbocycles. The van der Waals surface area contributed by atoms with Gasteiger partial charge in [-0.2, -0.15) is 0 Å². The molecule has 3 aromatic carbocycles. The number of ether oxygens (including phenoxy) is 1. The number of benzene rings is 3. The van der Waals surface area contributed by atoms with Crippen molar-refractivity contribution < 1.29 is 22.0 Å². The zero-order valence-corrected chi connectivity index (χ0v) is 20.4. The molecule has 1 aliphatic carbocycles. The van der Waals surface area contributed by atoms with E-state index in [-0.39, 0.29) is 11.7 Å². The molecule has 1 aromatic heterocycles. The lowest BCUT2D eigenvalue weighted by atomic mass is 9.99. The highest BCUT2D eigenvalue weighted by Gasteiger charge is 2.30. The molecule has 0 aliphatic heterocycles. The number of nitrogens with zero attached hydrogens (tertiary/aromatic N) is 1. The number of fused-ring (bicyclic) bond motifs is 1. The molecule has 1 aliphatic rings. The summed E-state index contributed by atoms with van der Waals surface area (Å²) in [5, 5.41) is 0.973. The van der Waals surface area contributed by atoms with Crippen molar-refractivity contribution in [2.75, 3.05) is 17.9 Å². The molecule has 0 unspecified atom stereocenters. The van der Waals surface area contributed by atoms with Gasteiger partial charge in [-0.15, -0.1) is 0 Å². The molecular formula is C28H27FNO4S. The highest BCUT2D eigenvalue weighted by Crippen LogP contribution is 2.48. The number of anilines is 1. The summed E-state index contributed by atoms with van der Waals surface area (Å²) in [4.78, 5) is 1.89. The van der Waals surface area contributed by atoms with Gasteiger partial charge < -0.3 is 14.1 Å². The number of methoxy groups -OCH3 is 1. The van der Waals surface area contributed by atoms with Gasteiger partial charge in [0.1, 0.15) is 28.8 Å². The predicted octanol–water partition coefficient (Wildman–Crippen LogP) is 6.08. The van der Waals surface area contributed by atoms with E-state index in [1.807, 2.05) is 35.2 Å². The summed E-state index contributed by atoms with van der Waals surface area (Å²) in [6.07, 6.45) is 2.66. The third-order valence-electron chi connectivity index (χ3n) is 6.47. The molecule has 5 nitrogen and oxygen atoms in total. The van der Waals surface area contributed by atoms with Gasteiger partial charge >= 0.3 is 0 Å². The zero-order chi connectivity index (χ0) is 24.5. The molecule has 5 rings (SSSR count). The van der Waals surface area contributed by atoms with Crippen molar-refractivity contribution in [2.45, 2.75) is 31.7 Å². The van der Waals surface area contributed by atoms with Gasteiger partial charge in [0.05, 0.1) is 7.11 Å². The monoisotopic (exact) mass is 492 g/mol. The topological polar surface area (TPSA) is 59.8 Å². The lowest BCUT2D eigenvalue weighted by molar-refractivity contribution is 0.414. The van der Waals surface area contributed by atoms with Gasteiger partial charge in [0.2, 0.25) is 0 Å². The second-order valence-corrected chi connectivity index (χ2v) is 9.82. The molecule has 0 saturated heterocycles. The first-order valence-corrected chi connectivity index (χ1v) is 13.0. The van der Waals surface area contributed by atoms with Crippen LogP contribution in [0.2, 0.25) is 0 Å². The summed E-state index contributed by atoms with van der Waals surface area (Å²) >= 11 is 0. The van der Waals surface area contributed by atoms with Crippen molar-refractivity contribution in [3.8, 4) is 17.1 Å². The van der Waals surface area contributed by atoms with Crippen LogP contribution in [0.15, 0.2) is 65.1 Å². The summed E-state index contributed by atoms with van der Waals surface area (Å²) in [5.41, 5.74) is 5.40. The van der Waals surface area contributed by atoms with Crippen LogP contribution in [-0.2, 0) is 23.7 Å². The highest BCUT2D eigenvalue weighted by molar-refractivity contribution is 7.72. The molecule has 4 aromatic rings. The van der Waals surface area contributed by atoms with Crippen molar-refractivity contribution in [3.05, 3.63) is 90.1 Å². The SMILES string of the molecule is [CH2]Cc1c(-c2ccc(F)cc2)oc2cc(N(Cc3ccc(OC)cc3)C[SH](=O)=O)c(C3CC3)cc12. The Morgan fingerprint density at radius 3 is 2.40 bits per heavy atom. The minimum Gasteiger partial charge on any atom is -0.497 e. The molecule has 7 heteroatoms. The fourth-order valence-corrected chi connectivity index (χ4v) is 5.11. The summed E-state index contributed by atoms with van der Waals surface area (Å²) in [7, 11) is -1.03. The van der Waals surface area contributed by atoms with Gasteiger partial charge in [0, 0.05) is 34.8 Å². The second-order valence-electron chi connectivity index (χ2n) is 8.87. The van der Waals surface area contributed by atoms with Gasteiger partial charge in [-0.05, 0) is 85.7 Å². The van der Waals surface area contributed by atoms with Gasteiger partial charge in [-0.3, -0.25) is 0 Å².